The van der Waals surface area contributed by atoms with E-state index in [1.165, 1.54) is 28.6 Å². The van der Waals surface area contributed by atoms with Gasteiger partial charge in [0.05, 0.1) is 11.4 Å². The van der Waals surface area contributed by atoms with Gasteiger partial charge >= 0.3 is 0 Å². The van der Waals surface area contributed by atoms with Gasteiger partial charge in [0.1, 0.15) is 0 Å². The molecule has 0 radical (unpaired) electrons. The number of benzene rings is 2. The third-order valence-electron chi connectivity index (χ3n) is 5.56. The van der Waals surface area contributed by atoms with Crippen LogP contribution in [0, 0.1) is 0 Å². The van der Waals surface area contributed by atoms with Crippen molar-refractivity contribution in [3.63, 3.8) is 0 Å². The van der Waals surface area contributed by atoms with E-state index >= 15 is 0 Å². The zero-order valence-corrected chi connectivity index (χ0v) is 19.2. The lowest BCUT2D eigenvalue weighted by atomic mass is 10.1. The monoisotopic (exact) mass is 472 g/mol. The minimum atomic E-state index is -3.59. The van der Waals surface area contributed by atoms with E-state index in [9.17, 15) is 22.8 Å². The summed E-state index contributed by atoms with van der Waals surface area (Å²) in [5.41, 5.74) is 6.49. The Morgan fingerprint density at radius 3 is 2.09 bits per heavy atom. The maximum atomic E-state index is 12.9. The molecule has 1 atom stereocenters. The lowest BCUT2D eigenvalue weighted by Crippen LogP contribution is -2.41. The average molecular weight is 473 g/mol. The highest BCUT2D eigenvalue weighted by Crippen LogP contribution is 2.25. The van der Waals surface area contributed by atoms with Crippen LogP contribution in [0.3, 0.4) is 0 Å². The molecule has 1 aliphatic heterocycles. The summed E-state index contributed by atoms with van der Waals surface area (Å²) in [5, 5.41) is 5.17. The summed E-state index contributed by atoms with van der Waals surface area (Å²) in [6.45, 7) is 2.41. The number of nitrogens with one attached hydrogen (secondary N) is 2. The van der Waals surface area contributed by atoms with Crippen LogP contribution in [0.4, 0.5) is 0 Å². The van der Waals surface area contributed by atoms with Crippen molar-refractivity contribution in [2.75, 3.05) is 13.1 Å². The summed E-state index contributed by atoms with van der Waals surface area (Å²) in [6, 6.07) is 12.4. The second-order valence-electron chi connectivity index (χ2n) is 8.01. The Kier molecular flexibility index (Phi) is 7.83. The Balaban J connectivity index is 1.57. The summed E-state index contributed by atoms with van der Waals surface area (Å²) in [5.74, 6) is -1.39. The molecule has 3 amide bonds. The van der Waals surface area contributed by atoms with Gasteiger partial charge < -0.3 is 16.4 Å². The summed E-state index contributed by atoms with van der Waals surface area (Å²) in [7, 11) is -3.59. The van der Waals surface area contributed by atoms with Gasteiger partial charge in [0, 0.05) is 30.3 Å². The van der Waals surface area contributed by atoms with Crippen molar-refractivity contribution in [3.05, 3.63) is 65.2 Å². The Morgan fingerprint density at radius 2 is 1.52 bits per heavy atom. The van der Waals surface area contributed by atoms with E-state index in [-0.39, 0.29) is 29.9 Å². The van der Waals surface area contributed by atoms with Gasteiger partial charge in [-0.15, -0.1) is 0 Å². The fourth-order valence-electron chi connectivity index (χ4n) is 3.67. The molecule has 1 aliphatic rings. The number of primary amides is 1. The molecule has 9 nitrogen and oxygen atoms in total. The van der Waals surface area contributed by atoms with Crippen molar-refractivity contribution in [1.29, 1.82) is 0 Å². The van der Waals surface area contributed by atoms with E-state index < -0.39 is 21.8 Å². The molecule has 0 spiro atoms. The Bertz CT molecular complexity index is 1110. The number of nitrogens with two attached hydrogens (primary N) is 1. The normalized spacial score (nSPS) is 16.7. The van der Waals surface area contributed by atoms with Crippen LogP contribution < -0.4 is 16.4 Å². The number of sulfonamides is 1. The van der Waals surface area contributed by atoms with Crippen molar-refractivity contribution in [2.24, 2.45) is 5.73 Å². The van der Waals surface area contributed by atoms with Crippen molar-refractivity contribution in [1.82, 2.24) is 14.9 Å². The van der Waals surface area contributed by atoms with Crippen LogP contribution in [-0.2, 0) is 21.4 Å². The van der Waals surface area contributed by atoms with Gasteiger partial charge in [0.2, 0.25) is 15.9 Å². The van der Waals surface area contributed by atoms with E-state index in [2.05, 4.69) is 10.6 Å². The standard InChI is InChI=1S/C23H28N4O5S/c1-16-4-2-3-13-27(16)33(31,32)20-11-9-19(10-12-20)22(29)25-14-17-5-7-18(8-6-17)23(30)26-15-21(24)28/h5-12,16H,2-4,13-15H2,1H3,(H2,24,28)(H,25,29)(H,26,30). The Hall–Kier alpha value is -3.24. The predicted octanol–water partition coefficient (Wildman–Crippen LogP) is 1.39. The summed E-state index contributed by atoms with van der Waals surface area (Å²) < 4.78 is 27.4. The molecule has 2 aromatic rings. The van der Waals surface area contributed by atoms with Crippen LogP contribution in [0.25, 0.3) is 0 Å². The van der Waals surface area contributed by atoms with Gasteiger partial charge in [0.25, 0.3) is 11.8 Å². The third kappa shape index (κ3) is 6.17. The van der Waals surface area contributed by atoms with Crippen molar-refractivity contribution < 1.29 is 22.8 Å². The maximum Gasteiger partial charge on any atom is 0.251 e. The average Bonchev–Trinajstić information content (AvgIpc) is 2.81. The number of rotatable bonds is 8. The molecule has 0 saturated carbocycles. The number of hydrogen-bond donors (Lipinski definition) is 3. The van der Waals surface area contributed by atoms with Crippen LogP contribution in [0.2, 0.25) is 0 Å². The van der Waals surface area contributed by atoms with Gasteiger partial charge in [-0.3, -0.25) is 14.4 Å². The van der Waals surface area contributed by atoms with E-state index in [0.29, 0.717) is 17.7 Å². The predicted molar refractivity (Wildman–Crippen MR) is 123 cm³/mol. The van der Waals surface area contributed by atoms with E-state index in [4.69, 9.17) is 5.73 Å². The minimum Gasteiger partial charge on any atom is -0.368 e. The number of amides is 3. The molecule has 33 heavy (non-hydrogen) atoms. The zero-order chi connectivity index (χ0) is 24.0. The van der Waals surface area contributed by atoms with Crippen molar-refractivity contribution in [2.45, 2.75) is 43.7 Å². The molecule has 10 heteroatoms. The quantitative estimate of drug-likeness (QED) is 0.533. The smallest absolute Gasteiger partial charge is 0.251 e. The van der Waals surface area contributed by atoms with E-state index in [0.717, 1.165) is 24.8 Å². The summed E-state index contributed by atoms with van der Waals surface area (Å²) in [6.07, 6.45) is 2.72. The first-order valence-electron chi connectivity index (χ1n) is 10.7. The number of piperidine rings is 1. The highest BCUT2D eigenvalue weighted by atomic mass is 32.2. The van der Waals surface area contributed by atoms with Gasteiger partial charge in [-0.05, 0) is 61.7 Å². The van der Waals surface area contributed by atoms with Crippen LogP contribution in [0.15, 0.2) is 53.4 Å². The number of nitrogens with zero attached hydrogens (tertiary/aromatic N) is 1. The SMILES string of the molecule is CC1CCCCN1S(=O)(=O)c1ccc(C(=O)NCc2ccc(C(=O)NCC(N)=O)cc2)cc1. The molecule has 4 N–H and O–H groups in total. The Morgan fingerprint density at radius 1 is 0.939 bits per heavy atom. The van der Waals surface area contributed by atoms with Crippen molar-refractivity contribution >= 4 is 27.7 Å². The third-order valence-corrected chi connectivity index (χ3v) is 7.59. The molecule has 3 rings (SSSR count). The van der Waals surface area contributed by atoms with E-state index in [1.54, 1.807) is 24.3 Å². The highest BCUT2D eigenvalue weighted by Gasteiger charge is 2.30. The Labute approximate surface area is 193 Å². The molecule has 1 unspecified atom stereocenters. The molecule has 0 bridgehead atoms. The number of carbonyl (C=O) groups is 3. The topological polar surface area (TPSA) is 139 Å². The molecule has 0 aliphatic carbocycles. The van der Waals surface area contributed by atoms with Crippen molar-refractivity contribution in [3.8, 4) is 0 Å². The number of carbonyl (C=O) groups excluding carboxylic acids is 3. The molecule has 1 heterocycles. The van der Waals surface area contributed by atoms with Crippen LogP contribution in [-0.4, -0.2) is 49.6 Å². The highest BCUT2D eigenvalue weighted by molar-refractivity contribution is 7.89. The minimum absolute atomic E-state index is 0.0349. The van der Waals surface area contributed by atoms with Gasteiger partial charge in [-0.2, -0.15) is 4.31 Å². The molecule has 2 aromatic carbocycles. The van der Waals surface area contributed by atoms with Gasteiger partial charge in [-0.25, -0.2) is 8.42 Å². The molecule has 1 saturated heterocycles. The van der Waals surface area contributed by atoms with Crippen LogP contribution in [0.1, 0.15) is 52.5 Å². The molecule has 0 aromatic heterocycles. The molecule has 1 fully saturated rings. The van der Waals surface area contributed by atoms with E-state index in [1.807, 2.05) is 6.92 Å². The second kappa shape index (κ2) is 10.6. The first kappa shape index (κ1) is 24.4. The number of hydrogen-bond acceptors (Lipinski definition) is 5. The van der Waals surface area contributed by atoms with Gasteiger partial charge in [-0.1, -0.05) is 18.6 Å². The first-order chi connectivity index (χ1) is 15.7. The lowest BCUT2D eigenvalue weighted by Gasteiger charge is -2.32. The molecule has 176 valence electrons. The van der Waals surface area contributed by atoms with Crippen LogP contribution >= 0.6 is 0 Å². The fraction of sp³-hybridized carbons (Fsp3) is 0.348. The first-order valence-corrected chi connectivity index (χ1v) is 12.2. The largest absolute Gasteiger partial charge is 0.368 e. The molecular formula is C23H28N4O5S. The maximum absolute atomic E-state index is 12.9. The fourth-order valence-corrected chi connectivity index (χ4v) is 5.37. The summed E-state index contributed by atoms with van der Waals surface area (Å²) in [4.78, 5) is 35.3. The zero-order valence-electron chi connectivity index (χ0n) is 18.4. The van der Waals surface area contributed by atoms with Gasteiger partial charge in [0.15, 0.2) is 0 Å². The second-order valence-corrected chi connectivity index (χ2v) is 9.90. The lowest BCUT2D eigenvalue weighted by molar-refractivity contribution is -0.117. The molecular weight excluding hydrogens is 444 g/mol. The summed E-state index contributed by atoms with van der Waals surface area (Å²) >= 11 is 0. The van der Waals surface area contributed by atoms with Crippen LogP contribution in [0.5, 0.6) is 0 Å².